The maximum Gasteiger partial charge on any atom is 0.154 e. The lowest BCUT2D eigenvalue weighted by molar-refractivity contribution is 0.578. The third-order valence-electron chi connectivity index (χ3n) is 4.14. The quantitative estimate of drug-likeness (QED) is 0.551. The number of rotatable bonds is 3. The molecule has 0 saturated heterocycles. The van der Waals surface area contributed by atoms with E-state index in [1.165, 1.54) is 0 Å². The van der Waals surface area contributed by atoms with Gasteiger partial charge in [-0.2, -0.15) is 10.4 Å². The zero-order valence-electron chi connectivity index (χ0n) is 13.2. The molecule has 3 heterocycles. The number of nitriles is 1. The van der Waals surface area contributed by atoms with Gasteiger partial charge in [0, 0.05) is 11.3 Å². The largest absolute Gasteiger partial charge is 0.463 e. The molecule has 0 radical (unpaired) electrons. The predicted molar refractivity (Wildman–Crippen MR) is 92.4 cm³/mol. The molecule has 0 saturated carbocycles. The van der Waals surface area contributed by atoms with Crippen molar-refractivity contribution in [2.24, 2.45) is 0 Å². The Morgan fingerprint density at radius 3 is 2.79 bits per heavy atom. The normalized spacial score (nSPS) is 10.8. The second-order valence-corrected chi connectivity index (χ2v) is 5.59. The van der Waals surface area contributed by atoms with Crippen molar-refractivity contribution in [1.29, 1.82) is 5.26 Å². The molecule has 4 nitrogen and oxygen atoms in total. The van der Waals surface area contributed by atoms with Crippen LogP contribution in [0.15, 0.2) is 65.3 Å². The monoisotopic (exact) mass is 313 g/mol. The molecular weight excluding hydrogens is 298 g/mol. The van der Waals surface area contributed by atoms with Crippen molar-refractivity contribution >= 4 is 5.52 Å². The molecule has 1 aromatic carbocycles. The zero-order valence-corrected chi connectivity index (χ0v) is 13.2. The van der Waals surface area contributed by atoms with Crippen LogP contribution in [0.3, 0.4) is 0 Å². The predicted octanol–water partition coefficient (Wildman–Crippen LogP) is 4.70. The van der Waals surface area contributed by atoms with Crippen LogP contribution in [-0.2, 0) is 6.42 Å². The summed E-state index contributed by atoms with van der Waals surface area (Å²) in [6.07, 6.45) is 2.54. The van der Waals surface area contributed by atoms with Gasteiger partial charge in [-0.3, -0.25) is 0 Å². The average Bonchev–Trinajstić information content (AvgIpc) is 3.30. The summed E-state index contributed by atoms with van der Waals surface area (Å²) >= 11 is 0. The van der Waals surface area contributed by atoms with Crippen LogP contribution in [0.5, 0.6) is 0 Å². The fourth-order valence-electron chi connectivity index (χ4n) is 2.94. The molecular formula is C20H15N3O. The molecule has 24 heavy (non-hydrogen) atoms. The van der Waals surface area contributed by atoms with E-state index in [1.54, 1.807) is 6.26 Å². The third kappa shape index (κ3) is 2.27. The molecule has 0 fully saturated rings. The van der Waals surface area contributed by atoms with Gasteiger partial charge in [-0.15, -0.1) is 0 Å². The highest BCUT2D eigenvalue weighted by Crippen LogP contribution is 2.30. The Hall–Kier alpha value is -3.32. The summed E-state index contributed by atoms with van der Waals surface area (Å²) in [6, 6.07) is 19.8. The molecule has 4 rings (SSSR count). The van der Waals surface area contributed by atoms with Gasteiger partial charge in [-0.05, 0) is 54.4 Å². The van der Waals surface area contributed by atoms with Gasteiger partial charge in [-0.25, -0.2) is 4.52 Å². The second kappa shape index (κ2) is 5.71. The van der Waals surface area contributed by atoms with Crippen molar-refractivity contribution in [1.82, 2.24) is 9.61 Å². The molecule has 0 amide bonds. The van der Waals surface area contributed by atoms with Gasteiger partial charge in [0.2, 0.25) is 0 Å². The fourth-order valence-corrected chi connectivity index (χ4v) is 2.94. The lowest BCUT2D eigenvalue weighted by atomic mass is 10.0. The lowest BCUT2D eigenvalue weighted by Gasteiger charge is -2.09. The fraction of sp³-hybridized carbons (Fsp3) is 0.100. The number of fused-ring (bicyclic) bond motifs is 1. The topological polar surface area (TPSA) is 54.2 Å². The first kappa shape index (κ1) is 14.3. The summed E-state index contributed by atoms with van der Waals surface area (Å²) in [5, 5.41) is 13.9. The summed E-state index contributed by atoms with van der Waals surface area (Å²) in [4.78, 5) is 0. The Morgan fingerprint density at radius 2 is 2.04 bits per heavy atom. The van der Waals surface area contributed by atoms with Gasteiger partial charge in [0.15, 0.2) is 5.76 Å². The van der Waals surface area contributed by atoms with Crippen LogP contribution in [0.4, 0.5) is 0 Å². The van der Waals surface area contributed by atoms with E-state index in [1.807, 2.05) is 47.0 Å². The molecule has 0 aliphatic carbocycles. The van der Waals surface area contributed by atoms with E-state index in [9.17, 15) is 5.26 Å². The minimum Gasteiger partial charge on any atom is -0.463 e. The highest BCUT2D eigenvalue weighted by Gasteiger charge is 2.13. The Morgan fingerprint density at radius 1 is 1.12 bits per heavy atom. The zero-order chi connectivity index (χ0) is 16.5. The van der Waals surface area contributed by atoms with Crippen molar-refractivity contribution in [3.05, 3.63) is 72.1 Å². The first-order valence-electron chi connectivity index (χ1n) is 7.86. The lowest BCUT2D eigenvalue weighted by Crippen LogP contribution is -2.00. The molecule has 4 aromatic rings. The molecule has 4 heteroatoms. The van der Waals surface area contributed by atoms with E-state index >= 15 is 0 Å². The van der Waals surface area contributed by atoms with E-state index in [0.717, 1.165) is 40.2 Å². The van der Waals surface area contributed by atoms with Crippen molar-refractivity contribution in [2.75, 3.05) is 0 Å². The average molecular weight is 313 g/mol. The number of aromatic nitrogens is 2. The van der Waals surface area contributed by atoms with E-state index < -0.39 is 0 Å². The molecule has 0 bridgehead atoms. The van der Waals surface area contributed by atoms with E-state index in [-0.39, 0.29) is 0 Å². The van der Waals surface area contributed by atoms with Crippen LogP contribution in [0.25, 0.3) is 28.1 Å². The minimum absolute atomic E-state index is 0.643. The molecule has 0 unspecified atom stereocenters. The summed E-state index contributed by atoms with van der Waals surface area (Å²) in [6.45, 7) is 2.11. The van der Waals surface area contributed by atoms with Gasteiger partial charge in [0.05, 0.1) is 23.4 Å². The van der Waals surface area contributed by atoms with Crippen LogP contribution in [-0.4, -0.2) is 9.61 Å². The Balaban J connectivity index is 2.03. The van der Waals surface area contributed by atoms with Crippen LogP contribution in [0, 0.1) is 11.3 Å². The van der Waals surface area contributed by atoms with Gasteiger partial charge < -0.3 is 4.42 Å². The number of furan rings is 1. The van der Waals surface area contributed by atoms with Crippen LogP contribution in [0.1, 0.15) is 18.2 Å². The molecule has 0 N–H and O–H groups in total. The second-order valence-electron chi connectivity index (χ2n) is 5.59. The Bertz CT molecular complexity index is 1050. The summed E-state index contributed by atoms with van der Waals surface area (Å²) in [5.41, 5.74) is 5.61. The van der Waals surface area contributed by atoms with Crippen molar-refractivity contribution in [3.8, 4) is 28.7 Å². The number of nitrogens with zero attached hydrogens (tertiary/aromatic N) is 3. The Labute approximate surface area is 139 Å². The molecule has 3 aromatic heterocycles. The number of aryl methyl sites for hydroxylation is 1. The summed E-state index contributed by atoms with van der Waals surface area (Å²) < 4.78 is 7.49. The standard InChI is InChI=1S/C20H15N3O/c1-2-16-8-9-19-17(15-6-3-5-14(11-15)13-21)12-18(22-23(16)19)20-7-4-10-24-20/h3-12H,2H2,1H3. The first-order chi connectivity index (χ1) is 11.8. The minimum atomic E-state index is 0.643. The van der Waals surface area contributed by atoms with Gasteiger partial charge in [0.1, 0.15) is 5.69 Å². The summed E-state index contributed by atoms with van der Waals surface area (Å²) in [7, 11) is 0. The van der Waals surface area contributed by atoms with Crippen LogP contribution in [0.2, 0.25) is 0 Å². The number of hydrogen-bond donors (Lipinski definition) is 0. The molecule has 0 aliphatic rings. The van der Waals surface area contributed by atoms with Crippen molar-refractivity contribution in [3.63, 3.8) is 0 Å². The van der Waals surface area contributed by atoms with E-state index in [0.29, 0.717) is 5.56 Å². The SMILES string of the molecule is CCc1ccc2c(-c3cccc(C#N)c3)cc(-c3ccco3)nn12. The maximum atomic E-state index is 9.19. The number of hydrogen-bond acceptors (Lipinski definition) is 3. The Kier molecular flexibility index (Phi) is 3.40. The van der Waals surface area contributed by atoms with Crippen molar-refractivity contribution in [2.45, 2.75) is 13.3 Å². The van der Waals surface area contributed by atoms with Gasteiger partial charge in [-0.1, -0.05) is 19.1 Å². The molecule has 0 aliphatic heterocycles. The third-order valence-corrected chi connectivity index (χ3v) is 4.14. The molecule has 116 valence electrons. The highest BCUT2D eigenvalue weighted by atomic mass is 16.3. The van der Waals surface area contributed by atoms with Gasteiger partial charge >= 0.3 is 0 Å². The van der Waals surface area contributed by atoms with E-state index in [2.05, 4.69) is 25.1 Å². The highest BCUT2D eigenvalue weighted by molar-refractivity contribution is 5.83. The maximum absolute atomic E-state index is 9.19. The van der Waals surface area contributed by atoms with Crippen LogP contribution < -0.4 is 0 Å². The first-order valence-corrected chi connectivity index (χ1v) is 7.86. The van der Waals surface area contributed by atoms with E-state index in [4.69, 9.17) is 9.52 Å². The summed E-state index contributed by atoms with van der Waals surface area (Å²) in [5.74, 6) is 0.727. The smallest absolute Gasteiger partial charge is 0.154 e. The number of benzene rings is 1. The van der Waals surface area contributed by atoms with Gasteiger partial charge in [0.25, 0.3) is 0 Å². The molecule has 0 spiro atoms. The van der Waals surface area contributed by atoms with Crippen molar-refractivity contribution < 1.29 is 4.42 Å². The van der Waals surface area contributed by atoms with Crippen LogP contribution >= 0.6 is 0 Å². The molecule has 0 atom stereocenters.